The van der Waals surface area contributed by atoms with Gasteiger partial charge in [0.15, 0.2) is 0 Å². The fourth-order valence-electron chi connectivity index (χ4n) is 2.90. The second-order valence-corrected chi connectivity index (χ2v) is 5.27. The zero-order chi connectivity index (χ0) is 13.1. The van der Waals surface area contributed by atoms with Gasteiger partial charge >= 0.3 is 0 Å². The summed E-state index contributed by atoms with van der Waals surface area (Å²) in [4.78, 5) is 6.96. The Morgan fingerprint density at radius 3 is 3.05 bits per heavy atom. The topological polar surface area (TPSA) is 44.8 Å². The number of aryl methyl sites for hydroxylation is 1. The molecule has 0 aromatic carbocycles. The summed E-state index contributed by atoms with van der Waals surface area (Å²) >= 11 is 0. The Morgan fingerprint density at radius 2 is 2.32 bits per heavy atom. The SMILES string of the molecule is Cc1cn[nH]c1C1CCCCN1Cc1ccccn1. The lowest BCUT2D eigenvalue weighted by Crippen LogP contribution is -2.33. The largest absolute Gasteiger partial charge is 0.289 e. The summed E-state index contributed by atoms with van der Waals surface area (Å²) in [6.45, 7) is 4.19. The van der Waals surface area contributed by atoms with Crippen molar-refractivity contribution in [2.45, 2.75) is 38.8 Å². The van der Waals surface area contributed by atoms with Crippen LogP contribution in [-0.4, -0.2) is 26.6 Å². The van der Waals surface area contributed by atoms with Gasteiger partial charge in [-0.1, -0.05) is 12.5 Å². The monoisotopic (exact) mass is 256 g/mol. The Bertz CT molecular complexity index is 520. The molecule has 1 aliphatic heterocycles. The van der Waals surface area contributed by atoms with E-state index in [4.69, 9.17) is 0 Å². The van der Waals surface area contributed by atoms with Crippen molar-refractivity contribution in [3.8, 4) is 0 Å². The summed E-state index contributed by atoms with van der Waals surface area (Å²) in [6.07, 6.45) is 7.56. The van der Waals surface area contributed by atoms with Crippen LogP contribution in [0.4, 0.5) is 0 Å². The third kappa shape index (κ3) is 2.68. The summed E-state index contributed by atoms with van der Waals surface area (Å²) in [5.41, 5.74) is 3.68. The molecular weight excluding hydrogens is 236 g/mol. The molecule has 0 amide bonds. The molecule has 19 heavy (non-hydrogen) atoms. The maximum atomic E-state index is 4.44. The lowest BCUT2D eigenvalue weighted by molar-refractivity contribution is 0.135. The standard InChI is InChI=1S/C15H20N4/c1-12-10-17-18-15(12)14-7-3-5-9-19(14)11-13-6-2-4-8-16-13/h2,4,6,8,10,14H,3,5,7,9,11H2,1H3,(H,17,18). The number of H-pyrrole nitrogens is 1. The van der Waals surface area contributed by atoms with Gasteiger partial charge < -0.3 is 0 Å². The van der Waals surface area contributed by atoms with Gasteiger partial charge in [0.2, 0.25) is 0 Å². The number of rotatable bonds is 3. The van der Waals surface area contributed by atoms with Crippen LogP contribution < -0.4 is 0 Å². The van der Waals surface area contributed by atoms with Gasteiger partial charge in [0.25, 0.3) is 0 Å². The number of piperidine rings is 1. The molecule has 3 heterocycles. The number of aromatic nitrogens is 3. The molecule has 1 atom stereocenters. The highest BCUT2D eigenvalue weighted by atomic mass is 15.2. The smallest absolute Gasteiger partial charge is 0.0553 e. The summed E-state index contributed by atoms with van der Waals surface area (Å²) in [5.74, 6) is 0. The molecule has 1 fully saturated rings. The quantitative estimate of drug-likeness (QED) is 0.918. The third-order valence-corrected chi connectivity index (χ3v) is 3.91. The Balaban J connectivity index is 1.80. The molecule has 1 aliphatic rings. The molecule has 0 bridgehead atoms. The second-order valence-electron chi connectivity index (χ2n) is 5.27. The van der Waals surface area contributed by atoms with Crippen LogP contribution >= 0.6 is 0 Å². The first-order valence-corrected chi connectivity index (χ1v) is 6.98. The average Bonchev–Trinajstić information content (AvgIpc) is 2.87. The zero-order valence-corrected chi connectivity index (χ0v) is 11.3. The van der Waals surface area contributed by atoms with Crippen molar-refractivity contribution < 1.29 is 0 Å². The van der Waals surface area contributed by atoms with E-state index in [0.29, 0.717) is 6.04 Å². The molecule has 100 valence electrons. The van der Waals surface area contributed by atoms with E-state index >= 15 is 0 Å². The number of pyridine rings is 1. The number of hydrogen-bond donors (Lipinski definition) is 1. The van der Waals surface area contributed by atoms with Crippen molar-refractivity contribution in [3.63, 3.8) is 0 Å². The highest BCUT2D eigenvalue weighted by molar-refractivity contribution is 5.19. The molecule has 2 aromatic rings. The van der Waals surface area contributed by atoms with Gasteiger partial charge in [-0.2, -0.15) is 5.10 Å². The Labute approximate surface area is 113 Å². The van der Waals surface area contributed by atoms with Crippen LogP contribution in [0.15, 0.2) is 30.6 Å². The van der Waals surface area contributed by atoms with E-state index in [2.05, 4.69) is 39.1 Å². The number of nitrogens with zero attached hydrogens (tertiary/aromatic N) is 3. The number of likely N-dealkylation sites (tertiary alicyclic amines) is 1. The minimum absolute atomic E-state index is 0.457. The Morgan fingerprint density at radius 1 is 1.37 bits per heavy atom. The van der Waals surface area contributed by atoms with Gasteiger partial charge in [-0.3, -0.25) is 15.0 Å². The minimum atomic E-state index is 0.457. The van der Waals surface area contributed by atoms with E-state index in [9.17, 15) is 0 Å². The van der Waals surface area contributed by atoms with Crippen molar-refractivity contribution in [3.05, 3.63) is 47.5 Å². The average molecular weight is 256 g/mol. The van der Waals surface area contributed by atoms with Gasteiger partial charge in [-0.05, 0) is 44.0 Å². The molecule has 4 nitrogen and oxygen atoms in total. The molecule has 0 radical (unpaired) electrons. The normalized spacial score (nSPS) is 20.6. The molecule has 2 aromatic heterocycles. The van der Waals surface area contributed by atoms with Crippen molar-refractivity contribution in [2.24, 2.45) is 0 Å². The van der Waals surface area contributed by atoms with Crippen LogP contribution in [0.2, 0.25) is 0 Å². The van der Waals surface area contributed by atoms with Gasteiger partial charge in [0.1, 0.15) is 0 Å². The molecule has 0 saturated carbocycles. The second kappa shape index (κ2) is 5.53. The lowest BCUT2D eigenvalue weighted by Gasteiger charge is -2.35. The predicted molar refractivity (Wildman–Crippen MR) is 74.6 cm³/mol. The third-order valence-electron chi connectivity index (χ3n) is 3.91. The van der Waals surface area contributed by atoms with Crippen LogP contribution in [0.5, 0.6) is 0 Å². The van der Waals surface area contributed by atoms with Crippen LogP contribution in [0, 0.1) is 6.92 Å². The number of hydrogen-bond acceptors (Lipinski definition) is 3. The summed E-state index contributed by atoms with van der Waals surface area (Å²) in [7, 11) is 0. The van der Waals surface area contributed by atoms with Crippen LogP contribution in [-0.2, 0) is 6.54 Å². The van der Waals surface area contributed by atoms with E-state index in [1.807, 2.05) is 18.5 Å². The van der Waals surface area contributed by atoms with Crippen molar-refractivity contribution in [2.75, 3.05) is 6.54 Å². The van der Waals surface area contributed by atoms with Gasteiger partial charge in [0.05, 0.1) is 23.6 Å². The van der Waals surface area contributed by atoms with Crippen LogP contribution in [0.1, 0.15) is 42.3 Å². The first-order valence-electron chi connectivity index (χ1n) is 6.98. The van der Waals surface area contributed by atoms with Gasteiger partial charge in [-0.25, -0.2) is 0 Å². The summed E-state index contributed by atoms with van der Waals surface area (Å²) in [6, 6.07) is 6.59. The summed E-state index contributed by atoms with van der Waals surface area (Å²) in [5, 5.41) is 7.35. The fraction of sp³-hybridized carbons (Fsp3) is 0.467. The molecule has 0 aliphatic carbocycles. The van der Waals surface area contributed by atoms with E-state index in [1.54, 1.807) is 0 Å². The van der Waals surface area contributed by atoms with Crippen LogP contribution in [0.25, 0.3) is 0 Å². The fourth-order valence-corrected chi connectivity index (χ4v) is 2.90. The molecule has 4 heteroatoms. The van der Waals surface area contributed by atoms with Gasteiger partial charge in [0, 0.05) is 12.7 Å². The van der Waals surface area contributed by atoms with E-state index in [1.165, 1.54) is 30.5 Å². The Kier molecular flexibility index (Phi) is 3.60. The van der Waals surface area contributed by atoms with Crippen molar-refractivity contribution in [1.29, 1.82) is 0 Å². The van der Waals surface area contributed by atoms with Crippen molar-refractivity contribution in [1.82, 2.24) is 20.1 Å². The minimum Gasteiger partial charge on any atom is -0.289 e. The molecule has 0 spiro atoms. The maximum absolute atomic E-state index is 4.44. The van der Waals surface area contributed by atoms with E-state index in [0.717, 1.165) is 18.8 Å². The summed E-state index contributed by atoms with van der Waals surface area (Å²) < 4.78 is 0. The van der Waals surface area contributed by atoms with Gasteiger partial charge in [-0.15, -0.1) is 0 Å². The van der Waals surface area contributed by atoms with E-state index in [-0.39, 0.29) is 0 Å². The lowest BCUT2D eigenvalue weighted by atomic mass is 9.97. The molecule has 1 N–H and O–H groups in total. The highest BCUT2D eigenvalue weighted by Crippen LogP contribution is 2.32. The molecular formula is C15H20N4. The van der Waals surface area contributed by atoms with E-state index < -0.39 is 0 Å². The Hall–Kier alpha value is -1.68. The number of nitrogens with one attached hydrogen (secondary N) is 1. The maximum Gasteiger partial charge on any atom is 0.0553 e. The van der Waals surface area contributed by atoms with Crippen LogP contribution in [0.3, 0.4) is 0 Å². The molecule has 3 rings (SSSR count). The number of aromatic amines is 1. The van der Waals surface area contributed by atoms with Crippen molar-refractivity contribution >= 4 is 0 Å². The first kappa shape index (κ1) is 12.4. The zero-order valence-electron chi connectivity index (χ0n) is 11.3. The predicted octanol–water partition coefficient (Wildman–Crippen LogP) is 2.84. The highest BCUT2D eigenvalue weighted by Gasteiger charge is 2.26. The molecule has 1 unspecified atom stereocenters. The molecule has 1 saturated heterocycles. The first-order chi connectivity index (χ1) is 9.34.